The number of benzene rings is 2. The van der Waals surface area contributed by atoms with Gasteiger partial charge in [-0.3, -0.25) is 4.79 Å². The number of halogens is 2. The van der Waals surface area contributed by atoms with Crippen LogP contribution in [-0.4, -0.2) is 34.0 Å². The SMILES string of the molecule is CO/N=C/c1ccc(F)c(Cn2c(C(=O)O)c(-c3ccc[nH]c3=O)c3c4occc4c(F)cc32)c1. The Balaban J connectivity index is 1.87. The molecule has 8 nitrogen and oxygen atoms in total. The van der Waals surface area contributed by atoms with Crippen molar-refractivity contribution in [1.82, 2.24) is 9.55 Å². The number of nitrogens with zero attached hydrogens (tertiary/aromatic N) is 2. The molecule has 0 aliphatic heterocycles. The second-order valence-corrected chi connectivity index (χ2v) is 7.71. The summed E-state index contributed by atoms with van der Waals surface area (Å²) in [5.74, 6) is -2.62. The van der Waals surface area contributed by atoms with E-state index in [4.69, 9.17) is 4.42 Å². The minimum Gasteiger partial charge on any atom is -0.477 e. The van der Waals surface area contributed by atoms with E-state index in [1.54, 1.807) is 6.07 Å². The molecule has 10 heteroatoms. The fraction of sp³-hybridized carbons (Fsp3) is 0.0800. The first kappa shape index (κ1) is 22.1. The molecule has 0 atom stereocenters. The molecule has 2 N–H and O–H groups in total. The maximum Gasteiger partial charge on any atom is 0.353 e. The van der Waals surface area contributed by atoms with Crippen molar-refractivity contribution in [3.63, 3.8) is 0 Å². The smallest absolute Gasteiger partial charge is 0.353 e. The highest BCUT2D eigenvalue weighted by atomic mass is 19.1. The highest BCUT2D eigenvalue weighted by Gasteiger charge is 2.29. The normalized spacial score (nSPS) is 11.6. The van der Waals surface area contributed by atoms with Crippen LogP contribution < -0.4 is 5.56 Å². The molecular weight excluding hydrogens is 460 g/mol. The Labute approximate surface area is 195 Å². The molecule has 0 aliphatic carbocycles. The van der Waals surface area contributed by atoms with E-state index in [0.717, 1.165) is 6.07 Å². The molecule has 5 aromatic rings. The lowest BCUT2D eigenvalue weighted by Crippen LogP contribution is -2.14. The lowest BCUT2D eigenvalue weighted by Gasteiger charge is -2.11. The largest absolute Gasteiger partial charge is 0.477 e. The number of aromatic amines is 1. The van der Waals surface area contributed by atoms with Crippen molar-refractivity contribution in [2.45, 2.75) is 6.54 Å². The fourth-order valence-corrected chi connectivity index (χ4v) is 4.25. The third kappa shape index (κ3) is 3.65. The Hall–Kier alpha value is -4.73. The van der Waals surface area contributed by atoms with E-state index in [1.165, 1.54) is 60.7 Å². The monoisotopic (exact) mass is 477 g/mol. The zero-order chi connectivity index (χ0) is 24.7. The van der Waals surface area contributed by atoms with Crippen molar-refractivity contribution in [3.05, 3.63) is 93.7 Å². The Kier molecular flexibility index (Phi) is 5.40. The van der Waals surface area contributed by atoms with Gasteiger partial charge >= 0.3 is 5.97 Å². The van der Waals surface area contributed by atoms with Crippen LogP contribution in [0, 0.1) is 11.6 Å². The fourth-order valence-electron chi connectivity index (χ4n) is 4.25. The number of oxime groups is 1. The number of carbonyl (C=O) groups is 1. The van der Waals surface area contributed by atoms with Crippen LogP contribution in [0.15, 0.2) is 69.3 Å². The van der Waals surface area contributed by atoms with Crippen molar-refractivity contribution in [2.24, 2.45) is 5.16 Å². The molecule has 0 amide bonds. The topological polar surface area (TPSA) is 110 Å². The average molecular weight is 477 g/mol. The molecule has 5 rings (SSSR count). The van der Waals surface area contributed by atoms with Crippen LogP contribution >= 0.6 is 0 Å². The predicted molar refractivity (Wildman–Crippen MR) is 125 cm³/mol. The lowest BCUT2D eigenvalue weighted by molar-refractivity contribution is 0.0687. The molecule has 3 aromatic heterocycles. The van der Waals surface area contributed by atoms with Crippen molar-refractivity contribution < 1.29 is 27.9 Å². The number of carboxylic acid groups (broad SMARTS) is 1. The zero-order valence-electron chi connectivity index (χ0n) is 18.2. The zero-order valence-corrected chi connectivity index (χ0v) is 18.2. The number of nitrogens with one attached hydrogen (secondary N) is 1. The Morgan fingerprint density at radius 2 is 2.06 bits per heavy atom. The van der Waals surface area contributed by atoms with Crippen molar-refractivity contribution in [3.8, 4) is 11.1 Å². The van der Waals surface area contributed by atoms with E-state index in [0.29, 0.717) is 5.56 Å². The average Bonchev–Trinajstić information content (AvgIpc) is 3.44. The van der Waals surface area contributed by atoms with E-state index < -0.39 is 23.2 Å². The summed E-state index contributed by atoms with van der Waals surface area (Å²) in [6.07, 6.45) is 4.06. The summed E-state index contributed by atoms with van der Waals surface area (Å²) in [6.45, 7) is -0.269. The minimum atomic E-state index is -1.38. The molecule has 35 heavy (non-hydrogen) atoms. The van der Waals surface area contributed by atoms with Gasteiger partial charge in [0.2, 0.25) is 0 Å². The number of hydrogen-bond acceptors (Lipinski definition) is 5. The van der Waals surface area contributed by atoms with Gasteiger partial charge in [0.05, 0.1) is 40.9 Å². The highest BCUT2D eigenvalue weighted by Crippen LogP contribution is 2.40. The standard InChI is InChI=1S/C25H17F2N3O5/c1-34-29-11-13-4-5-17(26)14(9-13)12-30-19-10-18(27)15-6-8-35-23(15)21(19)20(22(30)25(32)33)16-3-2-7-28-24(16)31/h2-11H,12H2,1H3,(H,28,31)(H,32,33)/b29-11+. The van der Waals surface area contributed by atoms with Crippen molar-refractivity contribution in [2.75, 3.05) is 7.11 Å². The number of hydrogen-bond donors (Lipinski definition) is 2. The van der Waals surface area contributed by atoms with Crippen LogP contribution in [0.5, 0.6) is 0 Å². The number of carboxylic acids is 1. The number of H-pyrrole nitrogens is 1. The summed E-state index contributed by atoms with van der Waals surface area (Å²) < 4.78 is 36.6. The third-order valence-corrected chi connectivity index (χ3v) is 5.71. The molecule has 0 unspecified atom stereocenters. The van der Waals surface area contributed by atoms with Gasteiger partial charge in [0.1, 0.15) is 30.0 Å². The molecule has 0 bridgehead atoms. The molecule has 0 aliphatic rings. The van der Waals surface area contributed by atoms with Gasteiger partial charge < -0.3 is 23.9 Å². The number of pyridine rings is 1. The van der Waals surface area contributed by atoms with Crippen molar-refractivity contribution in [1.29, 1.82) is 0 Å². The van der Waals surface area contributed by atoms with Crippen LogP contribution in [0.1, 0.15) is 21.6 Å². The number of fused-ring (bicyclic) bond motifs is 3. The van der Waals surface area contributed by atoms with Gasteiger partial charge in [0.15, 0.2) is 0 Å². The molecule has 3 heterocycles. The predicted octanol–water partition coefficient (Wildman–Crippen LogP) is 4.75. The minimum absolute atomic E-state index is 0.0480. The third-order valence-electron chi connectivity index (χ3n) is 5.71. The second kappa shape index (κ2) is 8.56. The number of rotatable bonds is 6. The van der Waals surface area contributed by atoms with Gasteiger partial charge in [-0.25, -0.2) is 13.6 Å². The summed E-state index contributed by atoms with van der Waals surface area (Å²) in [7, 11) is 1.36. The quantitative estimate of drug-likeness (QED) is 0.271. The number of aromatic nitrogens is 2. The number of aromatic carboxylic acids is 1. The molecule has 0 radical (unpaired) electrons. The first-order valence-corrected chi connectivity index (χ1v) is 10.4. The first-order chi connectivity index (χ1) is 16.9. The summed E-state index contributed by atoms with van der Waals surface area (Å²) in [4.78, 5) is 32.4. The maximum atomic E-state index is 15.0. The van der Waals surface area contributed by atoms with Crippen LogP contribution in [0.4, 0.5) is 8.78 Å². The van der Waals surface area contributed by atoms with E-state index in [-0.39, 0.29) is 50.8 Å². The highest BCUT2D eigenvalue weighted by molar-refractivity contribution is 6.17. The van der Waals surface area contributed by atoms with Gasteiger partial charge in [-0.2, -0.15) is 0 Å². The van der Waals surface area contributed by atoms with Crippen LogP contribution in [0.25, 0.3) is 33.0 Å². The van der Waals surface area contributed by atoms with Gasteiger partial charge in [-0.05, 0) is 42.0 Å². The number of furan rings is 1. The van der Waals surface area contributed by atoms with Gasteiger partial charge in [-0.1, -0.05) is 11.2 Å². The summed E-state index contributed by atoms with van der Waals surface area (Å²) in [6, 6.07) is 9.76. The van der Waals surface area contributed by atoms with Gasteiger partial charge in [-0.15, -0.1) is 0 Å². The molecule has 0 spiro atoms. The Bertz CT molecular complexity index is 1700. The van der Waals surface area contributed by atoms with E-state index in [1.807, 2.05) is 0 Å². The molecule has 0 fully saturated rings. The van der Waals surface area contributed by atoms with E-state index in [2.05, 4.69) is 15.0 Å². The molecule has 0 saturated heterocycles. The van der Waals surface area contributed by atoms with E-state index in [9.17, 15) is 23.5 Å². The maximum absolute atomic E-state index is 15.0. The summed E-state index contributed by atoms with van der Waals surface area (Å²) in [5.41, 5.74) is 0.106. The molecule has 2 aromatic carbocycles. The Morgan fingerprint density at radius 3 is 2.80 bits per heavy atom. The van der Waals surface area contributed by atoms with Gasteiger partial charge in [0, 0.05) is 17.3 Å². The summed E-state index contributed by atoms with van der Waals surface area (Å²) in [5, 5.41) is 14.2. The van der Waals surface area contributed by atoms with Crippen LogP contribution in [-0.2, 0) is 11.4 Å². The summed E-state index contributed by atoms with van der Waals surface area (Å²) >= 11 is 0. The van der Waals surface area contributed by atoms with E-state index >= 15 is 0 Å². The second-order valence-electron chi connectivity index (χ2n) is 7.71. The molecule has 0 saturated carbocycles. The van der Waals surface area contributed by atoms with Crippen molar-refractivity contribution >= 4 is 34.1 Å². The molecular formula is C25H17F2N3O5. The van der Waals surface area contributed by atoms with Crippen LogP contribution in [0.2, 0.25) is 0 Å². The Morgan fingerprint density at radius 1 is 1.23 bits per heavy atom. The van der Waals surface area contributed by atoms with Gasteiger partial charge in [0.25, 0.3) is 5.56 Å². The van der Waals surface area contributed by atoms with Crippen LogP contribution in [0.3, 0.4) is 0 Å². The first-order valence-electron chi connectivity index (χ1n) is 10.4. The molecule has 176 valence electrons. The lowest BCUT2D eigenvalue weighted by atomic mass is 10.0.